The summed E-state index contributed by atoms with van der Waals surface area (Å²) in [5.41, 5.74) is 6.45. The highest BCUT2D eigenvalue weighted by atomic mass is 35.5. The van der Waals surface area contributed by atoms with Crippen molar-refractivity contribution in [1.29, 1.82) is 0 Å². The molecule has 2 N–H and O–H groups in total. The highest BCUT2D eigenvalue weighted by Gasteiger charge is 2.34. The fraction of sp³-hybridized carbons (Fsp3) is 0.368. The minimum absolute atomic E-state index is 0. The summed E-state index contributed by atoms with van der Waals surface area (Å²) < 4.78 is 52.2. The Morgan fingerprint density at radius 3 is 2.35 bits per heavy atom. The first-order valence-corrected chi connectivity index (χ1v) is 8.21. The summed E-state index contributed by atoms with van der Waals surface area (Å²) >= 11 is 0. The van der Waals surface area contributed by atoms with Crippen molar-refractivity contribution in [1.82, 2.24) is 4.90 Å². The number of hydrogen-bond donors (Lipinski definition) is 1. The summed E-state index contributed by atoms with van der Waals surface area (Å²) in [5.74, 6) is -0.390. The first-order valence-electron chi connectivity index (χ1n) is 8.21. The molecule has 2 aromatic rings. The molecule has 3 rings (SSSR count). The van der Waals surface area contributed by atoms with Gasteiger partial charge in [-0.25, -0.2) is 4.39 Å². The van der Waals surface area contributed by atoms with Gasteiger partial charge in [-0.05, 0) is 41.8 Å². The third-order valence-corrected chi connectivity index (χ3v) is 4.74. The molecule has 0 aromatic heterocycles. The van der Waals surface area contributed by atoms with Crippen LogP contribution in [0.2, 0.25) is 0 Å². The van der Waals surface area contributed by atoms with Crippen molar-refractivity contribution < 1.29 is 17.6 Å². The van der Waals surface area contributed by atoms with Gasteiger partial charge in [0.15, 0.2) is 0 Å². The Morgan fingerprint density at radius 2 is 1.73 bits per heavy atom. The van der Waals surface area contributed by atoms with Crippen LogP contribution in [0, 0.1) is 11.7 Å². The number of alkyl halides is 3. The lowest BCUT2D eigenvalue weighted by molar-refractivity contribution is -0.137. The third kappa shape index (κ3) is 4.75. The van der Waals surface area contributed by atoms with Gasteiger partial charge in [0.1, 0.15) is 5.82 Å². The number of benzene rings is 2. The number of hydrogen-bond acceptors (Lipinski definition) is 2. The van der Waals surface area contributed by atoms with Crippen molar-refractivity contribution >= 4 is 12.4 Å². The van der Waals surface area contributed by atoms with E-state index in [0.717, 1.165) is 6.07 Å². The molecule has 0 aliphatic carbocycles. The summed E-state index contributed by atoms with van der Waals surface area (Å²) in [6.07, 6.45) is -4.55. The predicted molar refractivity (Wildman–Crippen MR) is 95.7 cm³/mol. The van der Waals surface area contributed by atoms with Crippen molar-refractivity contribution in [3.63, 3.8) is 0 Å². The van der Waals surface area contributed by atoms with Gasteiger partial charge in [0.05, 0.1) is 5.56 Å². The molecule has 142 valence electrons. The quantitative estimate of drug-likeness (QED) is 0.784. The molecular formula is C19H21ClF4N2. The van der Waals surface area contributed by atoms with E-state index in [1.54, 1.807) is 0 Å². The smallest absolute Gasteiger partial charge is 0.330 e. The van der Waals surface area contributed by atoms with Gasteiger partial charge in [-0.1, -0.05) is 30.3 Å². The maximum absolute atomic E-state index is 13.6. The molecule has 0 saturated carbocycles. The Bertz CT molecular complexity index is 721. The van der Waals surface area contributed by atoms with Crippen LogP contribution in [0.15, 0.2) is 48.5 Å². The van der Waals surface area contributed by atoms with Crippen LogP contribution in [-0.2, 0) is 12.7 Å². The van der Waals surface area contributed by atoms with E-state index in [1.165, 1.54) is 11.6 Å². The van der Waals surface area contributed by atoms with Crippen LogP contribution in [0.3, 0.4) is 0 Å². The second-order valence-electron chi connectivity index (χ2n) is 6.55. The maximum Gasteiger partial charge on any atom is 0.416 e. The Hall–Kier alpha value is -1.63. The molecule has 1 heterocycles. The standard InChI is InChI=1S/C19H20F4N2.ClH/c20-17-7-13(6-16(8-17)19(21,22)23)10-25-11-15(9-24)18(12-25)14-4-2-1-3-5-14;/h1-8,15,18H,9-12,24H2;1H/t15-,18+;/m1./s1. The summed E-state index contributed by atoms with van der Waals surface area (Å²) in [5, 5.41) is 0. The number of nitrogens with zero attached hydrogens (tertiary/aromatic N) is 1. The first-order chi connectivity index (χ1) is 11.9. The zero-order valence-corrected chi connectivity index (χ0v) is 14.9. The van der Waals surface area contributed by atoms with Gasteiger partial charge >= 0.3 is 6.18 Å². The lowest BCUT2D eigenvalue weighted by atomic mass is 9.89. The average Bonchev–Trinajstić information content (AvgIpc) is 2.97. The van der Waals surface area contributed by atoms with Crippen LogP contribution in [0.25, 0.3) is 0 Å². The molecule has 1 aliphatic heterocycles. The zero-order valence-electron chi connectivity index (χ0n) is 14.0. The largest absolute Gasteiger partial charge is 0.416 e. The second kappa shape index (κ2) is 8.37. The van der Waals surface area contributed by atoms with Crippen LogP contribution in [-0.4, -0.2) is 24.5 Å². The molecule has 0 bridgehead atoms. The molecule has 2 atom stereocenters. The number of halogens is 5. The van der Waals surface area contributed by atoms with Gasteiger partial charge in [0, 0.05) is 25.6 Å². The van der Waals surface area contributed by atoms with Gasteiger partial charge < -0.3 is 5.73 Å². The number of rotatable bonds is 4. The van der Waals surface area contributed by atoms with Gasteiger partial charge in [0.2, 0.25) is 0 Å². The number of nitrogens with two attached hydrogens (primary N) is 1. The maximum atomic E-state index is 13.6. The van der Waals surface area contributed by atoms with E-state index in [1.807, 2.05) is 35.2 Å². The van der Waals surface area contributed by atoms with E-state index in [4.69, 9.17) is 5.73 Å². The molecular weight excluding hydrogens is 368 g/mol. The van der Waals surface area contributed by atoms with Gasteiger partial charge in [-0.15, -0.1) is 12.4 Å². The van der Waals surface area contributed by atoms with E-state index in [-0.39, 0.29) is 30.8 Å². The summed E-state index contributed by atoms with van der Waals surface area (Å²) in [6, 6.07) is 12.7. The molecule has 7 heteroatoms. The second-order valence-corrected chi connectivity index (χ2v) is 6.55. The van der Waals surface area contributed by atoms with Crippen LogP contribution < -0.4 is 5.73 Å². The lowest BCUT2D eigenvalue weighted by Gasteiger charge is -2.17. The molecule has 1 fully saturated rings. The highest BCUT2D eigenvalue weighted by molar-refractivity contribution is 5.85. The van der Waals surface area contributed by atoms with Crippen molar-refractivity contribution in [2.45, 2.75) is 18.6 Å². The fourth-order valence-electron chi connectivity index (χ4n) is 3.57. The van der Waals surface area contributed by atoms with Crippen molar-refractivity contribution in [2.75, 3.05) is 19.6 Å². The van der Waals surface area contributed by atoms with Gasteiger partial charge in [-0.3, -0.25) is 4.90 Å². The average molecular weight is 389 g/mol. The van der Waals surface area contributed by atoms with Crippen LogP contribution in [0.1, 0.15) is 22.6 Å². The van der Waals surface area contributed by atoms with E-state index >= 15 is 0 Å². The van der Waals surface area contributed by atoms with Crippen LogP contribution in [0.5, 0.6) is 0 Å². The highest BCUT2D eigenvalue weighted by Crippen LogP contribution is 2.34. The fourth-order valence-corrected chi connectivity index (χ4v) is 3.57. The van der Waals surface area contributed by atoms with E-state index < -0.39 is 17.6 Å². The monoisotopic (exact) mass is 388 g/mol. The van der Waals surface area contributed by atoms with E-state index in [9.17, 15) is 17.6 Å². The van der Waals surface area contributed by atoms with Gasteiger partial charge in [-0.2, -0.15) is 13.2 Å². The Kier molecular flexibility index (Phi) is 6.66. The molecule has 1 aliphatic rings. The molecule has 0 unspecified atom stereocenters. The normalized spacial score (nSPS) is 20.8. The Morgan fingerprint density at radius 1 is 1.04 bits per heavy atom. The molecule has 0 amide bonds. The molecule has 2 aromatic carbocycles. The first kappa shape index (κ1) is 20.7. The van der Waals surface area contributed by atoms with Crippen LogP contribution >= 0.6 is 12.4 Å². The lowest BCUT2D eigenvalue weighted by Crippen LogP contribution is -2.23. The summed E-state index contributed by atoms with van der Waals surface area (Å²) in [4.78, 5) is 2.05. The Balaban J connectivity index is 0.00000243. The SMILES string of the molecule is Cl.NC[C@@H]1CN(Cc2cc(F)cc(C(F)(F)F)c2)C[C@H]1c1ccccc1. The minimum atomic E-state index is -4.55. The molecule has 0 radical (unpaired) electrons. The summed E-state index contributed by atoms with van der Waals surface area (Å²) in [7, 11) is 0. The van der Waals surface area contributed by atoms with E-state index in [2.05, 4.69) is 0 Å². The molecule has 26 heavy (non-hydrogen) atoms. The molecule has 1 saturated heterocycles. The topological polar surface area (TPSA) is 29.3 Å². The zero-order chi connectivity index (χ0) is 18.0. The van der Waals surface area contributed by atoms with E-state index in [0.29, 0.717) is 31.3 Å². The Labute approximate surface area is 156 Å². The van der Waals surface area contributed by atoms with Crippen molar-refractivity contribution in [3.8, 4) is 0 Å². The van der Waals surface area contributed by atoms with Crippen LogP contribution in [0.4, 0.5) is 17.6 Å². The van der Waals surface area contributed by atoms with Crippen molar-refractivity contribution in [3.05, 3.63) is 71.0 Å². The third-order valence-electron chi connectivity index (χ3n) is 4.74. The molecule has 0 spiro atoms. The number of likely N-dealkylation sites (tertiary alicyclic amines) is 1. The van der Waals surface area contributed by atoms with Gasteiger partial charge in [0.25, 0.3) is 0 Å². The predicted octanol–water partition coefficient (Wildman–Crippen LogP) is 4.44. The van der Waals surface area contributed by atoms with Crippen molar-refractivity contribution in [2.24, 2.45) is 11.7 Å². The molecule has 2 nitrogen and oxygen atoms in total. The minimum Gasteiger partial charge on any atom is -0.330 e. The summed E-state index contributed by atoms with van der Waals surface area (Å²) in [6.45, 7) is 2.17.